The number of fused-ring (bicyclic) bond motifs is 1. The number of benzene rings is 2. The molecular weight excluding hydrogens is 234 g/mol. The molecule has 3 nitrogen and oxygen atoms in total. The van der Waals surface area contributed by atoms with E-state index in [9.17, 15) is 0 Å². The van der Waals surface area contributed by atoms with E-state index in [1.165, 1.54) is 10.8 Å². The molecule has 1 N–H and O–H groups in total. The van der Waals surface area contributed by atoms with Crippen molar-refractivity contribution < 1.29 is 0 Å². The minimum Gasteiger partial charge on any atom is -0.352 e. The largest absolute Gasteiger partial charge is 0.352 e. The molecular formula is C16H15N3. The fraction of sp³-hybridized carbons (Fsp3) is 0.0625. The van der Waals surface area contributed by atoms with E-state index in [1.807, 2.05) is 12.3 Å². The summed E-state index contributed by atoms with van der Waals surface area (Å²) in [5, 5.41) is 5.68. The highest BCUT2D eigenvalue weighted by atomic mass is 15.2. The SMILES string of the molecule is C=CCNc1nccn1-c1cccc2ccccc12. The van der Waals surface area contributed by atoms with Crippen molar-refractivity contribution in [2.45, 2.75) is 0 Å². The summed E-state index contributed by atoms with van der Waals surface area (Å²) in [5.74, 6) is 0.830. The van der Waals surface area contributed by atoms with Crippen molar-refractivity contribution in [1.82, 2.24) is 9.55 Å². The van der Waals surface area contributed by atoms with Crippen LogP contribution >= 0.6 is 0 Å². The van der Waals surface area contributed by atoms with Crippen LogP contribution in [0.1, 0.15) is 0 Å². The van der Waals surface area contributed by atoms with Gasteiger partial charge in [-0.2, -0.15) is 0 Å². The summed E-state index contributed by atoms with van der Waals surface area (Å²) >= 11 is 0. The predicted octanol–water partition coefficient (Wildman–Crippen LogP) is 3.62. The summed E-state index contributed by atoms with van der Waals surface area (Å²) in [6, 6.07) is 14.6. The van der Waals surface area contributed by atoms with Crippen LogP contribution in [0.15, 0.2) is 67.5 Å². The van der Waals surface area contributed by atoms with E-state index < -0.39 is 0 Å². The van der Waals surface area contributed by atoms with Gasteiger partial charge in [-0.3, -0.25) is 4.57 Å². The topological polar surface area (TPSA) is 29.9 Å². The van der Waals surface area contributed by atoms with Crippen molar-refractivity contribution in [3.63, 3.8) is 0 Å². The molecule has 19 heavy (non-hydrogen) atoms. The number of nitrogens with one attached hydrogen (secondary N) is 1. The molecule has 0 spiro atoms. The van der Waals surface area contributed by atoms with Gasteiger partial charge in [0.1, 0.15) is 0 Å². The molecule has 94 valence electrons. The maximum Gasteiger partial charge on any atom is 0.207 e. The van der Waals surface area contributed by atoms with Gasteiger partial charge in [0.2, 0.25) is 5.95 Å². The standard InChI is InChI=1S/C16H15N3/c1-2-10-17-16-18-11-12-19(16)15-9-5-7-13-6-3-4-8-14(13)15/h2-9,11-12H,1,10H2,(H,17,18). The van der Waals surface area contributed by atoms with Gasteiger partial charge in [-0.05, 0) is 11.5 Å². The molecule has 1 heterocycles. The molecule has 0 atom stereocenters. The zero-order valence-electron chi connectivity index (χ0n) is 10.6. The molecule has 0 fully saturated rings. The third-order valence-electron chi connectivity index (χ3n) is 3.07. The summed E-state index contributed by atoms with van der Waals surface area (Å²) in [4.78, 5) is 4.34. The van der Waals surface area contributed by atoms with Crippen LogP contribution in [0, 0.1) is 0 Å². The summed E-state index contributed by atoms with van der Waals surface area (Å²) in [6.45, 7) is 4.41. The van der Waals surface area contributed by atoms with Gasteiger partial charge in [0.15, 0.2) is 0 Å². The number of hydrogen-bond acceptors (Lipinski definition) is 2. The van der Waals surface area contributed by atoms with Crippen molar-refractivity contribution in [3.8, 4) is 5.69 Å². The first-order chi connectivity index (χ1) is 9.40. The molecule has 0 unspecified atom stereocenters. The predicted molar refractivity (Wildman–Crippen MR) is 79.8 cm³/mol. The second-order valence-electron chi connectivity index (χ2n) is 4.29. The second-order valence-corrected chi connectivity index (χ2v) is 4.29. The van der Waals surface area contributed by atoms with Crippen molar-refractivity contribution in [2.24, 2.45) is 0 Å². The Hall–Kier alpha value is -2.55. The Kier molecular flexibility index (Phi) is 3.02. The van der Waals surface area contributed by atoms with Gasteiger partial charge in [-0.15, -0.1) is 6.58 Å². The van der Waals surface area contributed by atoms with Crippen LogP contribution in [0.5, 0.6) is 0 Å². The normalized spacial score (nSPS) is 10.5. The third-order valence-corrected chi connectivity index (χ3v) is 3.07. The molecule has 1 aromatic heterocycles. The number of aromatic nitrogens is 2. The summed E-state index contributed by atoms with van der Waals surface area (Å²) in [6.07, 6.45) is 5.59. The molecule has 0 saturated heterocycles. The number of nitrogens with zero attached hydrogens (tertiary/aromatic N) is 2. The Morgan fingerprint density at radius 2 is 2.00 bits per heavy atom. The van der Waals surface area contributed by atoms with Crippen molar-refractivity contribution in [3.05, 3.63) is 67.5 Å². The van der Waals surface area contributed by atoms with Crippen LogP contribution in [-0.2, 0) is 0 Å². The first-order valence-electron chi connectivity index (χ1n) is 6.26. The van der Waals surface area contributed by atoms with Crippen molar-refractivity contribution in [2.75, 3.05) is 11.9 Å². The van der Waals surface area contributed by atoms with E-state index in [-0.39, 0.29) is 0 Å². The number of hydrogen-bond donors (Lipinski definition) is 1. The van der Waals surface area contributed by atoms with Crippen LogP contribution in [-0.4, -0.2) is 16.1 Å². The summed E-state index contributed by atoms with van der Waals surface area (Å²) in [7, 11) is 0. The van der Waals surface area contributed by atoms with Gasteiger partial charge < -0.3 is 5.32 Å². The van der Waals surface area contributed by atoms with Crippen LogP contribution in [0.4, 0.5) is 5.95 Å². The zero-order valence-corrected chi connectivity index (χ0v) is 10.6. The molecule has 0 saturated carbocycles. The average molecular weight is 249 g/mol. The lowest BCUT2D eigenvalue weighted by Crippen LogP contribution is -2.05. The average Bonchev–Trinajstić information content (AvgIpc) is 2.92. The van der Waals surface area contributed by atoms with Crippen LogP contribution in [0.25, 0.3) is 16.5 Å². The van der Waals surface area contributed by atoms with Crippen molar-refractivity contribution >= 4 is 16.7 Å². The lowest BCUT2D eigenvalue weighted by molar-refractivity contribution is 1.05. The maximum atomic E-state index is 4.34. The van der Waals surface area contributed by atoms with Gasteiger partial charge in [-0.1, -0.05) is 42.5 Å². The lowest BCUT2D eigenvalue weighted by atomic mass is 10.1. The van der Waals surface area contributed by atoms with Crippen molar-refractivity contribution in [1.29, 1.82) is 0 Å². The fourth-order valence-corrected chi connectivity index (χ4v) is 2.21. The van der Waals surface area contributed by atoms with Gasteiger partial charge >= 0.3 is 0 Å². The number of rotatable bonds is 4. The quantitative estimate of drug-likeness (QED) is 0.716. The summed E-state index contributed by atoms with van der Waals surface area (Å²) < 4.78 is 2.06. The van der Waals surface area contributed by atoms with Gasteiger partial charge in [0.25, 0.3) is 0 Å². The van der Waals surface area contributed by atoms with E-state index in [2.05, 4.69) is 63.9 Å². The molecule has 3 aromatic rings. The second kappa shape index (κ2) is 4.98. The maximum absolute atomic E-state index is 4.34. The summed E-state index contributed by atoms with van der Waals surface area (Å²) in [5.41, 5.74) is 1.13. The van der Waals surface area contributed by atoms with E-state index in [1.54, 1.807) is 6.20 Å². The van der Waals surface area contributed by atoms with Gasteiger partial charge in [-0.25, -0.2) is 4.98 Å². The van der Waals surface area contributed by atoms with Crippen LogP contribution in [0.2, 0.25) is 0 Å². The monoisotopic (exact) mass is 249 g/mol. The Balaban J connectivity index is 2.14. The van der Waals surface area contributed by atoms with E-state index >= 15 is 0 Å². The molecule has 3 rings (SSSR count). The molecule has 0 aliphatic carbocycles. The Bertz CT molecular complexity index is 707. The van der Waals surface area contributed by atoms with Gasteiger partial charge in [0.05, 0.1) is 5.69 Å². The van der Waals surface area contributed by atoms with Crippen LogP contribution < -0.4 is 5.32 Å². The molecule has 2 aromatic carbocycles. The Morgan fingerprint density at radius 3 is 2.89 bits per heavy atom. The number of anilines is 1. The number of imidazole rings is 1. The molecule has 0 aliphatic heterocycles. The fourth-order valence-electron chi connectivity index (χ4n) is 2.21. The smallest absolute Gasteiger partial charge is 0.207 e. The van der Waals surface area contributed by atoms with E-state index in [4.69, 9.17) is 0 Å². The lowest BCUT2D eigenvalue weighted by Gasteiger charge is -2.11. The third kappa shape index (κ3) is 2.10. The first-order valence-corrected chi connectivity index (χ1v) is 6.26. The highest BCUT2D eigenvalue weighted by Crippen LogP contribution is 2.24. The Morgan fingerprint density at radius 1 is 1.16 bits per heavy atom. The minimum absolute atomic E-state index is 0.696. The molecule has 3 heteroatoms. The molecule has 0 aliphatic rings. The highest BCUT2D eigenvalue weighted by Gasteiger charge is 2.06. The minimum atomic E-state index is 0.696. The zero-order chi connectivity index (χ0) is 13.1. The van der Waals surface area contributed by atoms with Gasteiger partial charge in [0, 0.05) is 24.3 Å². The highest BCUT2D eigenvalue weighted by molar-refractivity contribution is 5.90. The molecule has 0 bridgehead atoms. The van der Waals surface area contributed by atoms with Crippen LogP contribution in [0.3, 0.4) is 0 Å². The first kappa shape index (κ1) is 11.5. The van der Waals surface area contributed by atoms with E-state index in [0.717, 1.165) is 11.6 Å². The van der Waals surface area contributed by atoms with E-state index in [0.29, 0.717) is 6.54 Å². The molecule has 0 amide bonds. The molecule has 0 radical (unpaired) electrons. The Labute approximate surface area is 112 Å².